The summed E-state index contributed by atoms with van der Waals surface area (Å²) in [5.41, 5.74) is 1.33. The van der Waals surface area contributed by atoms with Gasteiger partial charge in [0.25, 0.3) is 0 Å². The molecule has 1 heterocycles. The average molecular weight is 249 g/mol. The van der Waals surface area contributed by atoms with Crippen LogP contribution in [0.4, 0.5) is 0 Å². The predicted octanol–water partition coefficient (Wildman–Crippen LogP) is 3.06. The normalized spacial score (nSPS) is 16.2. The minimum atomic E-state index is 0.719. The van der Waals surface area contributed by atoms with E-state index < -0.39 is 0 Å². The van der Waals surface area contributed by atoms with Crippen LogP contribution in [0.25, 0.3) is 0 Å². The molecule has 0 aromatic carbocycles. The molecule has 0 unspecified atom stereocenters. The summed E-state index contributed by atoms with van der Waals surface area (Å²) < 4.78 is 2.33. The molecule has 0 saturated heterocycles. The van der Waals surface area contributed by atoms with E-state index in [-0.39, 0.29) is 0 Å². The molecule has 1 N–H and O–H groups in total. The molecule has 0 atom stereocenters. The fraction of sp³-hybridized carbons (Fsp3) is 0.800. The number of nitrogens with zero attached hydrogens (tertiary/aromatic N) is 2. The Bertz CT molecular complexity index is 356. The molecule has 0 amide bonds. The summed E-state index contributed by atoms with van der Waals surface area (Å²) in [5, 5.41) is 3.57. The van der Waals surface area contributed by atoms with Gasteiger partial charge < -0.3 is 9.88 Å². The molecule has 1 aliphatic carbocycles. The number of imidazole rings is 1. The highest BCUT2D eigenvalue weighted by Gasteiger charge is 2.22. The second kappa shape index (κ2) is 5.87. The summed E-state index contributed by atoms with van der Waals surface area (Å²) in [6.45, 7) is 11.4. The fourth-order valence-electron chi connectivity index (χ4n) is 2.61. The maximum atomic E-state index is 4.32. The molecule has 1 aliphatic rings. The largest absolute Gasteiger partial charge is 0.333 e. The van der Waals surface area contributed by atoms with Gasteiger partial charge in [-0.05, 0) is 30.6 Å². The molecule has 3 heteroatoms. The smallest absolute Gasteiger partial charge is 0.0948 e. The van der Waals surface area contributed by atoms with E-state index in [1.54, 1.807) is 0 Å². The maximum Gasteiger partial charge on any atom is 0.0948 e. The first-order valence-corrected chi connectivity index (χ1v) is 7.30. The first kappa shape index (κ1) is 13.6. The van der Waals surface area contributed by atoms with Crippen LogP contribution in [0.5, 0.6) is 0 Å². The van der Waals surface area contributed by atoms with Gasteiger partial charge in [-0.1, -0.05) is 27.7 Å². The van der Waals surface area contributed by atoms with Gasteiger partial charge in [-0.15, -0.1) is 0 Å². The monoisotopic (exact) mass is 249 g/mol. The molecule has 0 radical (unpaired) electrons. The van der Waals surface area contributed by atoms with E-state index in [1.165, 1.54) is 18.5 Å². The highest BCUT2D eigenvalue weighted by molar-refractivity contribution is 5.00. The fourth-order valence-corrected chi connectivity index (χ4v) is 2.61. The SMILES string of the molecule is CC(C)C(Cn1cncc1CNC1CC1)C(C)C. The van der Waals surface area contributed by atoms with Crippen LogP contribution in [0.15, 0.2) is 12.5 Å². The van der Waals surface area contributed by atoms with Gasteiger partial charge in [-0.3, -0.25) is 0 Å². The van der Waals surface area contributed by atoms with E-state index in [9.17, 15) is 0 Å². The average Bonchev–Trinajstić information content (AvgIpc) is 3.02. The number of nitrogens with one attached hydrogen (secondary N) is 1. The molecule has 2 rings (SSSR count). The Morgan fingerprint density at radius 1 is 1.28 bits per heavy atom. The van der Waals surface area contributed by atoms with E-state index in [0.717, 1.165) is 36.9 Å². The summed E-state index contributed by atoms with van der Waals surface area (Å²) in [6.07, 6.45) is 6.68. The van der Waals surface area contributed by atoms with Gasteiger partial charge in [-0.25, -0.2) is 4.98 Å². The van der Waals surface area contributed by atoms with Crippen LogP contribution in [-0.4, -0.2) is 15.6 Å². The van der Waals surface area contributed by atoms with Crippen molar-refractivity contribution >= 4 is 0 Å². The van der Waals surface area contributed by atoms with Crippen molar-refractivity contribution in [3.63, 3.8) is 0 Å². The Morgan fingerprint density at radius 2 is 1.94 bits per heavy atom. The molecule has 0 aliphatic heterocycles. The molecular formula is C15H27N3. The van der Waals surface area contributed by atoms with E-state index >= 15 is 0 Å². The molecule has 18 heavy (non-hydrogen) atoms. The van der Waals surface area contributed by atoms with Gasteiger partial charge in [0, 0.05) is 25.3 Å². The van der Waals surface area contributed by atoms with Crippen molar-refractivity contribution in [3.05, 3.63) is 18.2 Å². The third kappa shape index (κ3) is 3.58. The van der Waals surface area contributed by atoms with Gasteiger partial charge in [-0.2, -0.15) is 0 Å². The Kier molecular flexibility index (Phi) is 4.44. The van der Waals surface area contributed by atoms with Crippen LogP contribution in [0, 0.1) is 17.8 Å². The van der Waals surface area contributed by atoms with Crippen molar-refractivity contribution in [2.45, 2.75) is 59.7 Å². The third-order valence-corrected chi connectivity index (χ3v) is 4.07. The van der Waals surface area contributed by atoms with E-state index in [2.05, 4.69) is 42.6 Å². The zero-order chi connectivity index (χ0) is 13.1. The van der Waals surface area contributed by atoms with Crippen molar-refractivity contribution < 1.29 is 0 Å². The summed E-state index contributed by atoms with van der Waals surface area (Å²) >= 11 is 0. The molecule has 3 nitrogen and oxygen atoms in total. The summed E-state index contributed by atoms with van der Waals surface area (Å²) in [5.74, 6) is 2.16. The van der Waals surface area contributed by atoms with Crippen molar-refractivity contribution in [1.82, 2.24) is 14.9 Å². The van der Waals surface area contributed by atoms with Crippen LogP contribution in [0.1, 0.15) is 46.2 Å². The predicted molar refractivity (Wildman–Crippen MR) is 75.3 cm³/mol. The van der Waals surface area contributed by atoms with Crippen LogP contribution in [-0.2, 0) is 13.1 Å². The Labute approximate surface area is 111 Å². The molecule has 0 spiro atoms. The van der Waals surface area contributed by atoms with Gasteiger partial charge in [0.05, 0.1) is 12.0 Å². The van der Waals surface area contributed by atoms with Crippen molar-refractivity contribution in [2.75, 3.05) is 0 Å². The molecule has 1 aromatic rings. The van der Waals surface area contributed by atoms with Gasteiger partial charge >= 0.3 is 0 Å². The highest BCUT2D eigenvalue weighted by Crippen LogP contribution is 2.23. The van der Waals surface area contributed by atoms with Gasteiger partial charge in [0.1, 0.15) is 0 Å². The molecule has 1 saturated carbocycles. The van der Waals surface area contributed by atoms with E-state index in [0.29, 0.717) is 0 Å². The third-order valence-electron chi connectivity index (χ3n) is 4.07. The molecule has 1 fully saturated rings. The molecule has 1 aromatic heterocycles. The summed E-state index contributed by atoms with van der Waals surface area (Å²) in [4.78, 5) is 4.32. The number of rotatable bonds is 7. The van der Waals surface area contributed by atoms with Crippen LogP contribution < -0.4 is 5.32 Å². The van der Waals surface area contributed by atoms with Crippen molar-refractivity contribution in [2.24, 2.45) is 17.8 Å². The standard InChI is InChI=1S/C15H27N3/c1-11(2)15(12(3)4)9-18-10-16-7-14(18)8-17-13-5-6-13/h7,10-13,15,17H,5-6,8-9H2,1-4H3. The molecule has 0 bridgehead atoms. The topological polar surface area (TPSA) is 29.9 Å². The highest BCUT2D eigenvalue weighted by atomic mass is 15.1. The van der Waals surface area contributed by atoms with Crippen molar-refractivity contribution in [1.29, 1.82) is 0 Å². The second-order valence-corrected chi connectivity index (χ2v) is 6.34. The first-order valence-electron chi connectivity index (χ1n) is 7.30. The molecular weight excluding hydrogens is 222 g/mol. The van der Waals surface area contributed by atoms with Crippen LogP contribution in [0.3, 0.4) is 0 Å². The lowest BCUT2D eigenvalue weighted by molar-refractivity contribution is 0.249. The van der Waals surface area contributed by atoms with Crippen LogP contribution >= 0.6 is 0 Å². The lowest BCUT2D eigenvalue weighted by Crippen LogP contribution is -2.24. The zero-order valence-corrected chi connectivity index (χ0v) is 12.2. The number of aromatic nitrogens is 2. The molecule has 102 valence electrons. The Morgan fingerprint density at radius 3 is 2.50 bits per heavy atom. The zero-order valence-electron chi connectivity index (χ0n) is 12.2. The quantitative estimate of drug-likeness (QED) is 0.805. The lowest BCUT2D eigenvalue weighted by Gasteiger charge is -2.26. The maximum absolute atomic E-state index is 4.32. The van der Waals surface area contributed by atoms with Crippen molar-refractivity contribution in [3.8, 4) is 0 Å². The van der Waals surface area contributed by atoms with Gasteiger partial charge in [0.2, 0.25) is 0 Å². The van der Waals surface area contributed by atoms with E-state index in [1.807, 2.05) is 12.5 Å². The summed E-state index contributed by atoms with van der Waals surface area (Å²) in [6, 6.07) is 0.763. The minimum absolute atomic E-state index is 0.719. The van der Waals surface area contributed by atoms with E-state index in [4.69, 9.17) is 0 Å². The number of hydrogen-bond acceptors (Lipinski definition) is 2. The first-order chi connectivity index (χ1) is 8.58. The lowest BCUT2D eigenvalue weighted by atomic mass is 9.85. The Balaban J connectivity index is 1.96. The Hall–Kier alpha value is -0.830. The second-order valence-electron chi connectivity index (χ2n) is 6.34. The van der Waals surface area contributed by atoms with Crippen LogP contribution in [0.2, 0.25) is 0 Å². The van der Waals surface area contributed by atoms with Gasteiger partial charge in [0.15, 0.2) is 0 Å². The summed E-state index contributed by atoms with van der Waals surface area (Å²) in [7, 11) is 0. The minimum Gasteiger partial charge on any atom is -0.333 e. The number of hydrogen-bond donors (Lipinski definition) is 1.